The maximum Gasteiger partial charge on any atom is 0.0562 e. The molecule has 1 rings (SSSR count). The van der Waals surface area contributed by atoms with Crippen LogP contribution in [-0.2, 0) is 6.54 Å². The Hall–Kier alpha value is -1.09. The fourth-order valence-electron chi connectivity index (χ4n) is 1.94. The van der Waals surface area contributed by atoms with E-state index < -0.39 is 0 Å². The average molecular weight is 277 g/mol. The third kappa shape index (κ3) is 5.12. The second-order valence-corrected chi connectivity index (χ2v) is 7.76. The molecule has 0 aliphatic rings. The van der Waals surface area contributed by atoms with E-state index in [2.05, 4.69) is 82.8 Å². The second-order valence-electron chi connectivity index (χ2n) is 7.76. The van der Waals surface area contributed by atoms with Crippen LogP contribution in [0.2, 0.25) is 0 Å². The monoisotopic (exact) mass is 277 g/mol. The van der Waals surface area contributed by atoms with Crippen LogP contribution in [0.3, 0.4) is 0 Å². The van der Waals surface area contributed by atoms with E-state index in [1.54, 1.807) is 0 Å². The first-order valence-electron chi connectivity index (χ1n) is 7.43. The maximum atomic E-state index is 4.46. The Balaban J connectivity index is 2.82. The molecule has 0 saturated heterocycles. The van der Waals surface area contributed by atoms with Gasteiger partial charge in [0.2, 0.25) is 0 Å². The van der Waals surface area contributed by atoms with Crippen molar-refractivity contribution in [1.82, 2.24) is 10.3 Å². The molecule has 114 valence electrons. The van der Waals surface area contributed by atoms with Crippen molar-refractivity contribution < 1.29 is 0 Å². The van der Waals surface area contributed by atoms with Gasteiger partial charge in [-0.1, -0.05) is 20.8 Å². The van der Waals surface area contributed by atoms with Gasteiger partial charge in [-0.05, 0) is 45.2 Å². The summed E-state index contributed by atoms with van der Waals surface area (Å²) in [6, 6.07) is 4.73. The van der Waals surface area contributed by atoms with Crippen LogP contribution >= 0.6 is 0 Å². The molecule has 0 radical (unpaired) electrons. The molecule has 0 saturated carbocycles. The first kappa shape index (κ1) is 17.0. The minimum absolute atomic E-state index is 0.113. The van der Waals surface area contributed by atoms with Crippen molar-refractivity contribution in [3.05, 3.63) is 24.0 Å². The Bertz CT molecular complexity index is 427. The summed E-state index contributed by atoms with van der Waals surface area (Å²) in [5.41, 5.74) is 2.68. The molecule has 1 aromatic rings. The lowest BCUT2D eigenvalue weighted by atomic mass is 9.87. The molecule has 0 aliphatic carbocycles. The predicted octanol–water partition coefficient (Wildman–Crippen LogP) is 3.84. The smallest absolute Gasteiger partial charge is 0.0562 e. The van der Waals surface area contributed by atoms with Gasteiger partial charge >= 0.3 is 0 Å². The number of nitrogens with one attached hydrogen (secondary N) is 1. The Morgan fingerprint density at radius 1 is 1.20 bits per heavy atom. The molecule has 1 unspecified atom stereocenters. The fraction of sp³-hybridized carbons (Fsp3) is 0.706. The molecule has 3 heteroatoms. The van der Waals surface area contributed by atoms with Gasteiger partial charge in [-0.25, -0.2) is 0 Å². The van der Waals surface area contributed by atoms with Gasteiger partial charge < -0.3 is 10.2 Å². The van der Waals surface area contributed by atoms with Crippen LogP contribution < -0.4 is 10.2 Å². The van der Waals surface area contributed by atoms with E-state index in [9.17, 15) is 0 Å². The fourth-order valence-corrected chi connectivity index (χ4v) is 1.94. The number of rotatable bonds is 4. The van der Waals surface area contributed by atoms with Crippen molar-refractivity contribution in [3.63, 3.8) is 0 Å². The molecule has 1 aromatic heterocycles. The maximum absolute atomic E-state index is 4.46. The quantitative estimate of drug-likeness (QED) is 0.906. The number of aromatic nitrogens is 1. The number of hydrogen-bond donors (Lipinski definition) is 1. The summed E-state index contributed by atoms with van der Waals surface area (Å²) in [6.45, 7) is 16.4. The zero-order valence-electron chi connectivity index (χ0n) is 14.4. The van der Waals surface area contributed by atoms with E-state index in [0.717, 1.165) is 12.2 Å². The van der Waals surface area contributed by atoms with Crippen LogP contribution in [0, 0.1) is 5.41 Å². The predicted molar refractivity (Wildman–Crippen MR) is 88.1 cm³/mol. The molecule has 0 aromatic carbocycles. The number of nitrogens with zero attached hydrogens (tertiary/aromatic N) is 2. The minimum atomic E-state index is 0.113. The summed E-state index contributed by atoms with van der Waals surface area (Å²) >= 11 is 0. The van der Waals surface area contributed by atoms with Gasteiger partial charge in [-0.3, -0.25) is 4.98 Å². The van der Waals surface area contributed by atoms with Gasteiger partial charge in [-0.2, -0.15) is 0 Å². The number of pyridine rings is 1. The Kier molecular flexibility index (Phi) is 5.20. The lowest BCUT2D eigenvalue weighted by Gasteiger charge is -2.37. The van der Waals surface area contributed by atoms with Gasteiger partial charge in [0, 0.05) is 37.1 Å². The molecule has 0 aliphatic heterocycles. The molecule has 1 N–H and O–H groups in total. The minimum Gasteiger partial charge on any atom is -0.371 e. The average Bonchev–Trinajstić information content (AvgIpc) is 2.33. The van der Waals surface area contributed by atoms with Crippen molar-refractivity contribution in [3.8, 4) is 0 Å². The van der Waals surface area contributed by atoms with Crippen molar-refractivity contribution >= 4 is 5.69 Å². The summed E-state index contributed by atoms with van der Waals surface area (Å²) in [6.07, 6.45) is 1.90. The first-order chi connectivity index (χ1) is 9.00. The highest BCUT2D eigenvalue weighted by molar-refractivity contribution is 5.47. The van der Waals surface area contributed by atoms with E-state index in [-0.39, 0.29) is 11.0 Å². The topological polar surface area (TPSA) is 28.2 Å². The summed E-state index contributed by atoms with van der Waals surface area (Å²) < 4.78 is 0. The number of hydrogen-bond acceptors (Lipinski definition) is 3. The van der Waals surface area contributed by atoms with E-state index in [0.29, 0.717) is 6.04 Å². The Morgan fingerprint density at radius 3 is 2.30 bits per heavy atom. The molecule has 20 heavy (non-hydrogen) atoms. The van der Waals surface area contributed by atoms with Crippen LogP contribution in [0.15, 0.2) is 18.3 Å². The van der Waals surface area contributed by atoms with Crippen molar-refractivity contribution in [1.29, 1.82) is 0 Å². The lowest BCUT2D eigenvalue weighted by Crippen LogP contribution is -2.39. The summed E-state index contributed by atoms with van der Waals surface area (Å²) in [5, 5.41) is 3.48. The standard InChI is InChI=1S/C17H31N3/c1-13(16(2,3)4)20(8)15-9-10-18-14(11-15)12-19-17(5,6)7/h9-11,13,19H,12H2,1-8H3. The zero-order chi connectivity index (χ0) is 15.6. The molecular formula is C17H31N3. The Labute approximate surface area is 124 Å². The van der Waals surface area contributed by atoms with Gasteiger partial charge in [0.15, 0.2) is 0 Å². The normalized spacial score (nSPS) is 14.2. The van der Waals surface area contributed by atoms with Gasteiger partial charge in [0.25, 0.3) is 0 Å². The third-order valence-corrected chi connectivity index (χ3v) is 3.84. The molecule has 0 bridgehead atoms. The van der Waals surface area contributed by atoms with Crippen molar-refractivity contribution in [2.75, 3.05) is 11.9 Å². The molecule has 3 nitrogen and oxygen atoms in total. The van der Waals surface area contributed by atoms with Crippen molar-refractivity contribution in [2.24, 2.45) is 5.41 Å². The Morgan fingerprint density at radius 2 is 1.80 bits per heavy atom. The van der Waals surface area contributed by atoms with Crippen LogP contribution in [0.4, 0.5) is 5.69 Å². The SMILES string of the molecule is CC(N(C)c1ccnc(CNC(C)(C)C)c1)C(C)(C)C. The van der Waals surface area contributed by atoms with Gasteiger partial charge in [-0.15, -0.1) is 0 Å². The van der Waals surface area contributed by atoms with Gasteiger partial charge in [0.1, 0.15) is 0 Å². The van der Waals surface area contributed by atoms with E-state index in [1.807, 2.05) is 6.20 Å². The summed E-state index contributed by atoms with van der Waals surface area (Å²) in [7, 11) is 2.16. The zero-order valence-corrected chi connectivity index (χ0v) is 14.4. The molecule has 1 atom stereocenters. The van der Waals surface area contributed by atoms with Crippen LogP contribution in [-0.4, -0.2) is 23.6 Å². The summed E-state index contributed by atoms with van der Waals surface area (Å²) in [5.74, 6) is 0. The van der Waals surface area contributed by atoms with E-state index in [4.69, 9.17) is 0 Å². The third-order valence-electron chi connectivity index (χ3n) is 3.84. The van der Waals surface area contributed by atoms with Crippen LogP contribution in [0.25, 0.3) is 0 Å². The largest absolute Gasteiger partial charge is 0.371 e. The molecule has 1 heterocycles. The van der Waals surface area contributed by atoms with Crippen LogP contribution in [0.1, 0.15) is 54.2 Å². The molecule has 0 spiro atoms. The van der Waals surface area contributed by atoms with E-state index in [1.165, 1.54) is 5.69 Å². The molecular weight excluding hydrogens is 246 g/mol. The number of anilines is 1. The highest BCUT2D eigenvalue weighted by Crippen LogP contribution is 2.27. The molecule has 0 fully saturated rings. The highest BCUT2D eigenvalue weighted by atomic mass is 15.1. The highest BCUT2D eigenvalue weighted by Gasteiger charge is 2.24. The first-order valence-corrected chi connectivity index (χ1v) is 7.43. The summed E-state index contributed by atoms with van der Waals surface area (Å²) in [4.78, 5) is 6.79. The van der Waals surface area contributed by atoms with E-state index >= 15 is 0 Å². The lowest BCUT2D eigenvalue weighted by molar-refractivity contribution is 0.329. The van der Waals surface area contributed by atoms with Crippen LogP contribution in [0.5, 0.6) is 0 Å². The van der Waals surface area contributed by atoms with Crippen molar-refractivity contribution in [2.45, 2.75) is 66.6 Å². The molecule has 0 amide bonds. The second kappa shape index (κ2) is 6.13. The van der Waals surface area contributed by atoms with Gasteiger partial charge in [0.05, 0.1) is 5.69 Å².